The largest absolute Gasteiger partial charge is 0.390 e. The molecule has 20 heavy (non-hydrogen) atoms. The van der Waals surface area contributed by atoms with E-state index in [9.17, 15) is 10.2 Å². The summed E-state index contributed by atoms with van der Waals surface area (Å²) < 4.78 is 0. The molecule has 110 valence electrons. The summed E-state index contributed by atoms with van der Waals surface area (Å²) in [6.07, 6.45) is 7.97. The highest BCUT2D eigenvalue weighted by Gasteiger charge is 2.04. The Morgan fingerprint density at radius 2 is 1.65 bits per heavy atom. The van der Waals surface area contributed by atoms with Crippen molar-refractivity contribution in [1.82, 2.24) is 0 Å². The summed E-state index contributed by atoms with van der Waals surface area (Å²) in [4.78, 5) is 0. The second-order valence-electron chi connectivity index (χ2n) is 4.52. The Kier molecular flexibility index (Phi) is 11.6. The Bertz CT molecular complexity index is 401. The van der Waals surface area contributed by atoms with Gasteiger partial charge in [-0.15, -0.1) is 6.58 Å². The number of hydrogen-bond donors (Lipinski definition) is 3. The highest BCUT2D eigenvalue weighted by Crippen LogP contribution is 2.04. The van der Waals surface area contributed by atoms with Gasteiger partial charge in [-0.3, -0.25) is 0 Å². The SMILES string of the molecule is C=CCCCCC/C=C\C(O)C#CC#C[C@H](O)[C@H](C)O. The molecule has 0 rings (SSSR count). The smallest absolute Gasteiger partial charge is 0.141 e. The van der Waals surface area contributed by atoms with Crippen LogP contribution in [0.5, 0.6) is 0 Å². The van der Waals surface area contributed by atoms with E-state index in [4.69, 9.17) is 5.11 Å². The minimum Gasteiger partial charge on any atom is -0.390 e. The summed E-state index contributed by atoms with van der Waals surface area (Å²) in [7, 11) is 0. The molecule has 0 aromatic heterocycles. The third-order valence-corrected chi connectivity index (χ3v) is 2.56. The van der Waals surface area contributed by atoms with Gasteiger partial charge in [0.05, 0.1) is 6.10 Å². The zero-order valence-corrected chi connectivity index (χ0v) is 12.0. The Morgan fingerprint density at radius 3 is 2.30 bits per heavy atom. The lowest BCUT2D eigenvalue weighted by atomic mass is 10.1. The summed E-state index contributed by atoms with van der Waals surface area (Å²) >= 11 is 0. The quantitative estimate of drug-likeness (QED) is 0.360. The molecule has 0 amide bonds. The molecule has 0 fully saturated rings. The fraction of sp³-hybridized carbons (Fsp3) is 0.529. The second-order valence-corrected chi connectivity index (χ2v) is 4.52. The van der Waals surface area contributed by atoms with Crippen LogP contribution in [0.2, 0.25) is 0 Å². The molecule has 0 saturated heterocycles. The van der Waals surface area contributed by atoms with Crippen molar-refractivity contribution in [1.29, 1.82) is 0 Å². The van der Waals surface area contributed by atoms with Gasteiger partial charge >= 0.3 is 0 Å². The Hall–Kier alpha value is -1.52. The molecule has 0 bridgehead atoms. The maximum absolute atomic E-state index is 9.51. The van der Waals surface area contributed by atoms with Crippen molar-refractivity contribution in [3.05, 3.63) is 24.8 Å². The van der Waals surface area contributed by atoms with E-state index in [0.717, 1.165) is 32.1 Å². The zero-order chi connectivity index (χ0) is 15.2. The molecule has 1 unspecified atom stereocenters. The molecule has 3 nitrogen and oxygen atoms in total. The van der Waals surface area contributed by atoms with E-state index in [1.165, 1.54) is 6.92 Å². The van der Waals surface area contributed by atoms with E-state index in [0.29, 0.717) is 0 Å². The standard InChI is InChI=1S/C17H24O3/c1-3-4-5-6-7-8-9-12-16(19)13-10-11-14-17(20)15(2)18/h3,9,12,15-20H,1,4-8H2,2H3/b12-9-/t15-,16?,17-/m0/s1. The van der Waals surface area contributed by atoms with Crippen molar-refractivity contribution in [2.45, 2.75) is 57.3 Å². The molecule has 0 spiro atoms. The average Bonchev–Trinajstić information content (AvgIpc) is 2.42. The van der Waals surface area contributed by atoms with Crippen molar-refractivity contribution in [3.8, 4) is 23.7 Å². The Labute approximate surface area is 122 Å². The first kappa shape index (κ1) is 18.5. The van der Waals surface area contributed by atoms with Crippen molar-refractivity contribution in [2.75, 3.05) is 0 Å². The number of unbranched alkanes of at least 4 members (excludes halogenated alkanes) is 4. The third kappa shape index (κ3) is 11.6. The van der Waals surface area contributed by atoms with Crippen LogP contribution in [0.4, 0.5) is 0 Å². The van der Waals surface area contributed by atoms with Crippen molar-refractivity contribution >= 4 is 0 Å². The van der Waals surface area contributed by atoms with E-state index in [1.807, 2.05) is 12.2 Å². The predicted molar refractivity (Wildman–Crippen MR) is 81.7 cm³/mol. The number of hydrogen-bond acceptors (Lipinski definition) is 3. The lowest BCUT2D eigenvalue weighted by Gasteiger charge is -2.03. The molecule has 0 aliphatic rings. The van der Waals surface area contributed by atoms with Crippen LogP contribution in [0, 0.1) is 23.7 Å². The van der Waals surface area contributed by atoms with Gasteiger partial charge < -0.3 is 15.3 Å². The minimum atomic E-state index is -1.10. The van der Waals surface area contributed by atoms with Crippen LogP contribution in [0.1, 0.15) is 39.0 Å². The second kappa shape index (κ2) is 12.5. The third-order valence-electron chi connectivity index (χ3n) is 2.56. The van der Waals surface area contributed by atoms with Gasteiger partial charge in [0, 0.05) is 0 Å². The summed E-state index contributed by atoms with van der Waals surface area (Å²) in [5.74, 6) is 9.74. The number of rotatable bonds is 8. The van der Waals surface area contributed by atoms with Crippen molar-refractivity contribution < 1.29 is 15.3 Å². The number of aliphatic hydroxyl groups excluding tert-OH is 3. The predicted octanol–water partition coefficient (Wildman–Crippen LogP) is 1.79. The number of allylic oxidation sites excluding steroid dienone is 2. The van der Waals surface area contributed by atoms with Crippen LogP contribution >= 0.6 is 0 Å². The van der Waals surface area contributed by atoms with Gasteiger partial charge in [-0.2, -0.15) is 0 Å². The molecule has 3 heteroatoms. The Morgan fingerprint density at radius 1 is 1.00 bits per heavy atom. The monoisotopic (exact) mass is 276 g/mol. The van der Waals surface area contributed by atoms with Crippen LogP contribution in [0.15, 0.2) is 24.8 Å². The van der Waals surface area contributed by atoms with Crippen LogP contribution in [0.25, 0.3) is 0 Å². The van der Waals surface area contributed by atoms with Crippen LogP contribution < -0.4 is 0 Å². The van der Waals surface area contributed by atoms with Gasteiger partial charge in [-0.25, -0.2) is 0 Å². The van der Waals surface area contributed by atoms with Gasteiger partial charge in [0.1, 0.15) is 12.2 Å². The topological polar surface area (TPSA) is 60.7 Å². The van der Waals surface area contributed by atoms with Gasteiger partial charge in [0.15, 0.2) is 0 Å². The van der Waals surface area contributed by atoms with E-state index in [-0.39, 0.29) is 0 Å². The van der Waals surface area contributed by atoms with Crippen molar-refractivity contribution in [3.63, 3.8) is 0 Å². The van der Waals surface area contributed by atoms with Crippen LogP contribution in [-0.2, 0) is 0 Å². The van der Waals surface area contributed by atoms with Crippen LogP contribution in [-0.4, -0.2) is 33.6 Å². The summed E-state index contributed by atoms with van der Waals surface area (Å²) in [5, 5.41) is 27.7. The van der Waals surface area contributed by atoms with Gasteiger partial charge in [0.25, 0.3) is 0 Å². The highest BCUT2D eigenvalue weighted by molar-refractivity contribution is 5.30. The molecule has 0 aromatic rings. The maximum Gasteiger partial charge on any atom is 0.141 e. The van der Waals surface area contributed by atoms with Crippen molar-refractivity contribution in [2.24, 2.45) is 0 Å². The Balaban J connectivity index is 3.87. The molecule has 0 saturated carbocycles. The summed E-state index contributed by atoms with van der Waals surface area (Å²) in [6, 6.07) is 0. The lowest BCUT2D eigenvalue weighted by Crippen LogP contribution is -2.19. The molecule has 0 radical (unpaired) electrons. The normalized spacial score (nSPS) is 14.6. The van der Waals surface area contributed by atoms with Crippen LogP contribution in [0.3, 0.4) is 0 Å². The van der Waals surface area contributed by atoms with Gasteiger partial charge in [-0.05, 0) is 50.5 Å². The van der Waals surface area contributed by atoms with E-state index in [2.05, 4.69) is 30.3 Å². The van der Waals surface area contributed by atoms with Gasteiger partial charge in [0.2, 0.25) is 0 Å². The van der Waals surface area contributed by atoms with E-state index >= 15 is 0 Å². The average molecular weight is 276 g/mol. The fourth-order valence-electron chi connectivity index (χ4n) is 1.34. The molecular weight excluding hydrogens is 252 g/mol. The first-order valence-corrected chi connectivity index (χ1v) is 6.90. The highest BCUT2D eigenvalue weighted by atomic mass is 16.3. The first-order valence-electron chi connectivity index (χ1n) is 6.90. The zero-order valence-electron chi connectivity index (χ0n) is 12.0. The molecule has 3 atom stereocenters. The van der Waals surface area contributed by atoms with Gasteiger partial charge in [-0.1, -0.05) is 30.4 Å². The molecule has 0 heterocycles. The number of aliphatic hydroxyl groups is 3. The molecule has 0 aliphatic heterocycles. The minimum absolute atomic E-state index is 0.846. The first-order chi connectivity index (χ1) is 9.57. The summed E-state index contributed by atoms with van der Waals surface area (Å²) in [5.41, 5.74) is 0. The van der Waals surface area contributed by atoms with E-state index < -0.39 is 18.3 Å². The van der Waals surface area contributed by atoms with E-state index in [1.54, 1.807) is 6.08 Å². The molecule has 0 aliphatic carbocycles. The molecule has 0 aromatic carbocycles. The summed E-state index contributed by atoms with van der Waals surface area (Å²) in [6.45, 7) is 5.11. The lowest BCUT2D eigenvalue weighted by molar-refractivity contribution is 0.0678. The maximum atomic E-state index is 9.51. The fourth-order valence-corrected chi connectivity index (χ4v) is 1.34. The molecular formula is C17H24O3. The molecule has 3 N–H and O–H groups in total.